The van der Waals surface area contributed by atoms with Crippen molar-refractivity contribution in [3.63, 3.8) is 0 Å². The zero-order valence-corrected chi connectivity index (χ0v) is 13.9. The maximum atomic E-state index is 12.3. The van der Waals surface area contributed by atoms with Gasteiger partial charge in [0.25, 0.3) is 0 Å². The second kappa shape index (κ2) is 7.63. The fraction of sp³-hybridized carbons (Fsp3) is 0.529. The van der Waals surface area contributed by atoms with Crippen molar-refractivity contribution in [1.82, 2.24) is 10.2 Å². The summed E-state index contributed by atoms with van der Waals surface area (Å²) in [5, 5.41) is 3.54. The topological polar surface area (TPSA) is 49.4 Å². The van der Waals surface area contributed by atoms with Crippen LogP contribution in [0.25, 0.3) is 0 Å². The number of rotatable bonds is 6. The van der Waals surface area contributed by atoms with E-state index < -0.39 is 0 Å². The molecular formula is C17H23ClN2O2. The van der Waals surface area contributed by atoms with Crippen molar-refractivity contribution >= 4 is 23.4 Å². The molecule has 2 amide bonds. The van der Waals surface area contributed by atoms with E-state index in [0.717, 1.165) is 18.4 Å². The molecule has 1 aromatic rings. The van der Waals surface area contributed by atoms with E-state index in [1.54, 1.807) is 6.07 Å². The van der Waals surface area contributed by atoms with Crippen LogP contribution in [0.4, 0.5) is 0 Å². The minimum Gasteiger partial charge on any atom is -0.352 e. The first kappa shape index (κ1) is 16.8. The molecule has 4 nitrogen and oxygen atoms in total. The number of carbonyl (C=O) groups is 2. The molecule has 1 unspecified atom stereocenters. The number of likely N-dealkylation sites (tertiary alicyclic amines) is 1. The van der Waals surface area contributed by atoms with Gasteiger partial charge in [-0.1, -0.05) is 43.6 Å². The minimum atomic E-state index is -0.254. The zero-order chi connectivity index (χ0) is 16.1. The van der Waals surface area contributed by atoms with Gasteiger partial charge in [0.15, 0.2) is 0 Å². The Hall–Kier alpha value is -1.55. The molecule has 1 saturated heterocycles. The number of halogens is 1. The van der Waals surface area contributed by atoms with Crippen LogP contribution < -0.4 is 5.32 Å². The Morgan fingerprint density at radius 1 is 1.36 bits per heavy atom. The van der Waals surface area contributed by atoms with E-state index in [1.807, 2.05) is 23.1 Å². The number of carbonyl (C=O) groups excluding carboxylic acids is 2. The third-order valence-corrected chi connectivity index (χ3v) is 4.69. The van der Waals surface area contributed by atoms with E-state index in [9.17, 15) is 9.59 Å². The van der Waals surface area contributed by atoms with E-state index in [-0.39, 0.29) is 23.8 Å². The highest BCUT2D eigenvalue weighted by Gasteiger charge is 2.36. The molecule has 1 aliphatic rings. The standard InChI is InChI=1S/C17H23ClN2O2/c1-3-14(4-2)20-11-13(9-16(20)21)17(22)19-10-12-7-5-6-8-15(12)18/h5-8,13-14H,3-4,9-11H2,1-2H3,(H,19,22). The molecule has 1 N–H and O–H groups in total. The van der Waals surface area contributed by atoms with Crippen molar-refractivity contribution in [1.29, 1.82) is 0 Å². The van der Waals surface area contributed by atoms with Crippen LogP contribution in [0.15, 0.2) is 24.3 Å². The van der Waals surface area contributed by atoms with Gasteiger partial charge in [-0.2, -0.15) is 0 Å². The van der Waals surface area contributed by atoms with Gasteiger partial charge in [0.2, 0.25) is 11.8 Å². The highest BCUT2D eigenvalue weighted by Crippen LogP contribution is 2.23. The molecule has 1 fully saturated rings. The predicted molar refractivity (Wildman–Crippen MR) is 87.5 cm³/mol. The molecule has 1 atom stereocenters. The van der Waals surface area contributed by atoms with Crippen LogP contribution in [0.1, 0.15) is 38.7 Å². The van der Waals surface area contributed by atoms with E-state index in [2.05, 4.69) is 19.2 Å². The van der Waals surface area contributed by atoms with Crippen molar-refractivity contribution in [2.45, 2.75) is 45.7 Å². The average molecular weight is 323 g/mol. The summed E-state index contributed by atoms with van der Waals surface area (Å²) in [6, 6.07) is 7.68. The lowest BCUT2D eigenvalue weighted by atomic mass is 10.1. The Kier molecular flexibility index (Phi) is 5.83. The van der Waals surface area contributed by atoms with Crippen LogP contribution in [-0.4, -0.2) is 29.3 Å². The number of hydrogen-bond acceptors (Lipinski definition) is 2. The molecule has 0 radical (unpaired) electrons. The first-order valence-electron chi connectivity index (χ1n) is 7.87. The Morgan fingerprint density at radius 2 is 2.05 bits per heavy atom. The van der Waals surface area contributed by atoms with E-state index in [1.165, 1.54) is 0 Å². The molecule has 5 heteroatoms. The van der Waals surface area contributed by atoms with Crippen LogP contribution in [0.2, 0.25) is 5.02 Å². The number of nitrogens with one attached hydrogen (secondary N) is 1. The summed E-state index contributed by atoms with van der Waals surface area (Å²) in [5.41, 5.74) is 0.888. The number of nitrogens with zero attached hydrogens (tertiary/aromatic N) is 1. The van der Waals surface area contributed by atoms with Crippen molar-refractivity contribution in [2.24, 2.45) is 5.92 Å². The normalized spacial score (nSPS) is 18.1. The highest BCUT2D eigenvalue weighted by molar-refractivity contribution is 6.31. The highest BCUT2D eigenvalue weighted by atomic mass is 35.5. The van der Waals surface area contributed by atoms with Gasteiger partial charge in [-0.25, -0.2) is 0 Å². The van der Waals surface area contributed by atoms with Gasteiger partial charge in [0, 0.05) is 30.6 Å². The van der Waals surface area contributed by atoms with Crippen LogP contribution in [0.3, 0.4) is 0 Å². The third-order valence-electron chi connectivity index (χ3n) is 4.32. The molecule has 120 valence electrons. The van der Waals surface area contributed by atoms with Crippen molar-refractivity contribution in [2.75, 3.05) is 6.54 Å². The van der Waals surface area contributed by atoms with Crippen LogP contribution in [0, 0.1) is 5.92 Å². The molecule has 0 bridgehead atoms. The number of benzene rings is 1. The maximum Gasteiger partial charge on any atom is 0.225 e. The number of hydrogen-bond donors (Lipinski definition) is 1. The fourth-order valence-electron chi connectivity index (χ4n) is 2.96. The lowest BCUT2D eigenvalue weighted by molar-refractivity contribution is -0.130. The summed E-state index contributed by atoms with van der Waals surface area (Å²) in [6.07, 6.45) is 2.16. The minimum absolute atomic E-state index is 0.0678. The Bertz CT molecular complexity index is 543. The van der Waals surface area contributed by atoms with Crippen molar-refractivity contribution < 1.29 is 9.59 Å². The average Bonchev–Trinajstić information content (AvgIpc) is 2.90. The lowest BCUT2D eigenvalue weighted by Gasteiger charge is -2.26. The Labute approximate surface area is 136 Å². The first-order valence-corrected chi connectivity index (χ1v) is 8.25. The summed E-state index contributed by atoms with van der Waals surface area (Å²) < 4.78 is 0. The molecular weight excluding hydrogens is 300 g/mol. The monoisotopic (exact) mass is 322 g/mol. The largest absolute Gasteiger partial charge is 0.352 e. The van der Waals surface area contributed by atoms with Crippen LogP contribution in [0.5, 0.6) is 0 Å². The smallest absolute Gasteiger partial charge is 0.225 e. The summed E-state index contributed by atoms with van der Waals surface area (Å²) in [4.78, 5) is 26.2. The van der Waals surface area contributed by atoms with Gasteiger partial charge in [0.05, 0.1) is 5.92 Å². The molecule has 0 aromatic heterocycles. The molecule has 1 aromatic carbocycles. The van der Waals surface area contributed by atoms with Gasteiger partial charge in [-0.3, -0.25) is 9.59 Å². The molecule has 1 aliphatic heterocycles. The zero-order valence-electron chi connectivity index (χ0n) is 13.1. The second-order valence-corrected chi connectivity index (χ2v) is 6.13. The Morgan fingerprint density at radius 3 is 2.68 bits per heavy atom. The SMILES string of the molecule is CCC(CC)N1CC(C(=O)NCc2ccccc2Cl)CC1=O. The first-order chi connectivity index (χ1) is 10.6. The van der Waals surface area contributed by atoms with Gasteiger partial charge in [0.1, 0.15) is 0 Å². The van der Waals surface area contributed by atoms with Gasteiger partial charge in [-0.05, 0) is 24.5 Å². The van der Waals surface area contributed by atoms with Crippen LogP contribution in [-0.2, 0) is 16.1 Å². The summed E-state index contributed by atoms with van der Waals surface area (Å²) in [7, 11) is 0. The summed E-state index contributed by atoms with van der Waals surface area (Å²) in [6.45, 7) is 5.08. The van der Waals surface area contributed by atoms with Gasteiger partial charge < -0.3 is 10.2 Å². The molecule has 0 spiro atoms. The molecule has 1 heterocycles. The van der Waals surface area contributed by atoms with Gasteiger partial charge >= 0.3 is 0 Å². The molecule has 2 rings (SSSR count). The van der Waals surface area contributed by atoms with E-state index >= 15 is 0 Å². The quantitative estimate of drug-likeness (QED) is 0.875. The van der Waals surface area contributed by atoms with Crippen molar-refractivity contribution in [3.05, 3.63) is 34.9 Å². The van der Waals surface area contributed by atoms with Crippen LogP contribution >= 0.6 is 11.6 Å². The van der Waals surface area contributed by atoms with Crippen molar-refractivity contribution in [3.8, 4) is 0 Å². The predicted octanol–water partition coefficient (Wildman–Crippen LogP) is 2.99. The third kappa shape index (κ3) is 3.80. The number of amides is 2. The fourth-order valence-corrected chi connectivity index (χ4v) is 3.16. The summed E-state index contributed by atoms with van der Waals surface area (Å²) in [5.74, 6) is -0.232. The maximum absolute atomic E-state index is 12.3. The second-order valence-electron chi connectivity index (χ2n) is 5.73. The van der Waals surface area contributed by atoms with E-state index in [0.29, 0.717) is 24.5 Å². The van der Waals surface area contributed by atoms with Gasteiger partial charge in [-0.15, -0.1) is 0 Å². The molecule has 0 saturated carbocycles. The summed E-state index contributed by atoms with van der Waals surface area (Å²) >= 11 is 6.08. The Balaban J connectivity index is 1.91. The molecule has 0 aliphatic carbocycles. The van der Waals surface area contributed by atoms with E-state index in [4.69, 9.17) is 11.6 Å². The molecule has 22 heavy (non-hydrogen) atoms. The lowest BCUT2D eigenvalue weighted by Crippen LogP contribution is -2.37.